The predicted molar refractivity (Wildman–Crippen MR) is 114 cm³/mol. The number of anilines is 2. The average molecular weight is 439 g/mol. The van der Waals surface area contributed by atoms with E-state index in [1.54, 1.807) is 18.5 Å². The molecule has 31 heavy (non-hydrogen) atoms. The van der Waals surface area contributed by atoms with Crippen molar-refractivity contribution in [1.82, 2.24) is 15.2 Å². The minimum Gasteiger partial charge on any atom is -0.338 e. The molecule has 8 heteroatoms. The molecule has 2 aromatic heterocycles. The summed E-state index contributed by atoms with van der Waals surface area (Å²) in [4.78, 5) is 4.06. The molecule has 0 aliphatic heterocycles. The number of pyridine rings is 1. The lowest BCUT2D eigenvalue weighted by Crippen LogP contribution is -2.07. The van der Waals surface area contributed by atoms with Crippen molar-refractivity contribution < 1.29 is 13.2 Å². The second kappa shape index (κ2) is 8.62. The summed E-state index contributed by atoms with van der Waals surface area (Å²) in [5, 5.41) is 12.3. The number of nitrogens with zero attached hydrogens (tertiary/aromatic N) is 3. The number of rotatable bonds is 3. The molecule has 4 rings (SSSR count). The van der Waals surface area contributed by atoms with Crippen LogP contribution in [0.15, 0.2) is 67.0 Å². The average Bonchev–Trinajstić information content (AvgIpc) is 2.76. The molecule has 0 saturated heterocycles. The molecule has 0 aliphatic rings. The summed E-state index contributed by atoms with van der Waals surface area (Å²) in [6, 6.07) is 14.7. The monoisotopic (exact) mass is 438 g/mol. The Balaban J connectivity index is 1.66. The molecule has 154 valence electrons. The van der Waals surface area contributed by atoms with E-state index in [9.17, 15) is 13.2 Å². The number of aromatic nitrogens is 3. The fourth-order valence-corrected chi connectivity index (χ4v) is 3.20. The first kappa shape index (κ1) is 20.6. The number of halogens is 4. The zero-order chi connectivity index (χ0) is 21.8. The number of alkyl halides is 3. The molecule has 2 heterocycles. The summed E-state index contributed by atoms with van der Waals surface area (Å²) < 4.78 is 39.5. The van der Waals surface area contributed by atoms with E-state index < -0.39 is 11.7 Å². The minimum atomic E-state index is -4.56. The van der Waals surface area contributed by atoms with Gasteiger partial charge in [0.2, 0.25) is 0 Å². The van der Waals surface area contributed by atoms with E-state index in [0.717, 1.165) is 17.0 Å². The van der Waals surface area contributed by atoms with Crippen LogP contribution in [0.2, 0.25) is 5.02 Å². The van der Waals surface area contributed by atoms with E-state index in [0.29, 0.717) is 23.3 Å². The Kier molecular flexibility index (Phi) is 5.74. The largest absolute Gasteiger partial charge is 0.417 e. The molecule has 4 aromatic rings. The SMILES string of the molecule is FC(F)(F)c1cc(Nc2nnc(C#CCc3cccnc3)c3ccccc23)ccc1Cl. The van der Waals surface area contributed by atoms with E-state index in [4.69, 9.17) is 11.6 Å². The molecule has 0 atom stereocenters. The van der Waals surface area contributed by atoms with Gasteiger partial charge in [-0.1, -0.05) is 47.9 Å². The van der Waals surface area contributed by atoms with Crippen LogP contribution in [-0.4, -0.2) is 15.2 Å². The molecule has 1 N–H and O–H groups in total. The number of fused-ring (bicyclic) bond motifs is 1. The van der Waals surface area contributed by atoms with Gasteiger partial charge in [-0.05, 0) is 35.7 Å². The molecule has 0 bridgehead atoms. The Labute approximate surface area is 181 Å². The van der Waals surface area contributed by atoms with E-state index in [1.807, 2.05) is 30.3 Å². The maximum atomic E-state index is 13.2. The zero-order valence-electron chi connectivity index (χ0n) is 15.9. The Bertz CT molecular complexity index is 1300. The standard InChI is InChI=1S/C23H14ClF3N4/c24-20-11-10-16(13-19(20)23(25,26)27)29-22-18-8-2-1-7-17(18)21(30-31-22)9-3-5-15-6-4-12-28-14-15/h1-2,4,6-8,10-14H,5H2,(H,29,31). The van der Waals surface area contributed by atoms with Gasteiger partial charge in [-0.25, -0.2) is 0 Å². The molecular formula is C23H14ClF3N4. The molecule has 0 amide bonds. The molecule has 0 fully saturated rings. The van der Waals surface area contributed by atoms with Crippen molar-refractivity contribution in [2.24, 2.45) is 0 Å². The van der Waals surface area contributed by atoms with Crippen molar-refractivity contribution in [1.29, 1.82) is 0 Å². The summed E-state index contributed by atoms with van der Waals surface area (Å²) in [7, 11) is 0. The van der Waals surface area contributed by atoms with Crippen molar-refractivity contribution in [2.75, 3.05) is 5.32 Å². The highest BCUT2D eigenvalue weighted by Crippen LogP contribution is 2.37. The first-order valence-electron chi connectivity index (χ1n) is 9.19. The predicted octanol–water partition coefficient (Wildman–Crippen LogP) is 6.03. The lowest BCUT2D eigenvalue weighted by Gasteiger charge is -2.13. The molecule has 0 saturated carbocycles. The van der Waals surface area contributed by atoms with Crippen molar-refractivity contribution >= 4 is 33.9 Å². The number of hydrogen-bond donors (Lipinski definition) is 1. The molecule has 0 spiro atoms. The van der Waals surface area contributed by atoms with Crippen LogP contribution in [-0.2, 0) is 12.6 Å². The minimum absolute atomic E-state index is 0.201. The maximum Gasteiger partial charge on any atom is 0.417 e. The third-order valence-electron chi connectivity index (χ3n) is 4.44. The van der Waals surface area contributed by atoms with Crippen molar-refractivity contribution in [2.45, 2.75) is 12.6 Å². The topological polar surface area (TPSA) is 50.7 Å². The fraction of sp³-hybridized carbons (Fsp3) is 0.0870. The Morgan fingerprint density at radius 3 is 2.52 bits per heavy atom. The molecule has 4 nitrogen and oxygen atoms in total. The summed E-state index contributed by atoms with van der Waals surface area (Å²) in [6.45, 7) is 0. The van der Waals surface area contributed by atoms with E-state index in [1.165, 1.54) is 12.1 Å². The second-order valence-electron chi connectivity index (χ2n) is 6.60. The highest BCUT2D eigenvalue weighted by Gasteiger charge is 2.33. The van der Waals surface area contributed by atoms with Gasteiger partial charge in [-0.2, -0.15) is 13.2 Å². The summed E-state index contributed by atoms with van der Waals surface area (Å²) in [5.41, 5.74) is 0.742. The van der Waals surface area contributed by atoms with Gasteiger partial charge < -0.3 is 5.32 Å². The molecular weight excluding hydrogens is 425 g/mol. The maximum absolute atomic E-state index is 13.2. The lowest BCUT2D eigenvalue weighted by atomic mass is 10.1. The van der Waals surface area contributed by atoms with Gasteiger partial charge in [0.25, 0.3) is 0 Å². The fourth-order valence-electron chi connectivity index (χ4n) is 2.98. The normalized spacial score (nSPS) is 11.1. The van der Waals surface area contributed by atoms with Crippen LogP contribution in [0.1, 0.15) is 16.8 Å². The molecule has 0 unspecified atom stereocenters. The van der Waals surface area contributed by atoms with Gasteiger partial charge in [-0.3, -0.25) is 4.98 Å². The third-order valence-corrected chi connectivity index (χ3v) is 4.77. The van der Waals surface area contributed by atoms with Crippen LogP contribution in [0.5, 0.6) is 0 Å². The zero-order valence-corrected chi connectivity index (χ0v) is 16.7. The molecule has 0 aliphatic carbocycles. The van der Waals surface area contributed by atoms with Gasteiger partial charge in [-0.15, -0.1) is 10.2 Å². The van der Waals surface area contributed by atoms with Crippen molar-refractivity contribution in [3.63, 3.8) is 0 Å². The number of hydrogen-bond acceptors (Lipinski definition) is 4. The summed E-state index contributed by atoms with van der Waals surface area (Å²) >= 11 is 5.70. The second-order valence-corrected chi connectivity index (χ2v) is 7.01. The molecule has 2 aromatic carbocycles. The third kappa shape index (κ3) is 4.76. The first-order chi connectivity index (χ1) is 14.9. The summed E-state index contributed by atoms with van der Waals surface area (Å²) in [5.74, 6) is 6.40. The van der Waals surface area contributed by atoms with Gasteiger partial charge in [0.15, 0.2) is 5.82 Å². The van der Waals surface area contributed by atoms with Crippen LogP contribution in [0.25, 0.3) is 10.8 Å². The quantitative estimate of drug-likeness (QED) is 0.396. The van der Waals surface area contributed by atoms with E-state index >= 15 is 0 Å². The van der Waals surface area contributed by atoms with Gasteiger partial charge in [0.05, 0.1) is 10.6 Å². The van der Waals surface area contributed by atoms with Crippen molar-refractivity contribution in [3.05, 3.63) is 88.8 Å². The van der Waals surface area contributed by atoms with E-state index in [2.05, 4.69) is 32.3 Å². The highest BCUT2D eigenvalue weighted by atomic mass is 35.5. The van der Waals surface area contributed by atoms with E-state index in [-0.39, 0.29) is 10.7 Å². The Morgan fingerprint density at radius 1 is 0.968 bits per heavy atom. The van der Waals surface area contributed by atoms with Crippen molar-refractivity contribution in [3.8, 4) is 11.8 Å². The van der Waals surface area contributed by atoms with Crippen LogP contribution >= 0.6 is 11.6 Å². The molecule has 0 radical (unpaired) electrons. The summed E-state index contributed by atoms with van der Waals surface area (Å²) in [6.07, 6.45) is -0.613. The van der Waals surface area contributed by atoms with Crippen LogP contribution in [0.3, 0.4) is 0 Å². The lowest BCUT2D eigenvalue weighted by molar-refractivity contribution is -0.137. The highest BCUT2D eigenvalue weighted by molar-refractivity contribution is 6.31. The number of benzene rings is 2. The van der Waals surface area contributed by atoms with Crippen LogP contribution in [0, 0.1) is 11.8 Å². The van der Waals surface area contributed by atoms with Gasteiger partial charge in [0, 0.05) is 35.3 Å². The van der Waals surface area contributed by atoms with Gasteiger partial charge in [0.1, 0.15) is 5.69 Å². The Morgan fingerprint density at radius 2 is 1.77 bits per heavy atom. The van der Waals surface area contributed by atoms with Gasteiger partial charge >= 0.3 is 6.18 Å². The first-order valence-corrected chi connectivity index (χ1v) is 9.56. The smallest absolute Gasteiger partial charge is 0.338 e. The number of nitrogens with one attached hydrogen (secondary N) is 1. The van der Waals surface area contributed by atoms with Crippen LogP contribution < -0.4 is 5.32 Å². The Hall–Kier alpha value is -3.63. The van der Waals surface area contributed by atoms with Crippen LogP contribution in [0.4, 0.5) is 24.7 Å².